The summed E-state index contributed by atoms with van der Waals surface area (Å²) in [5.41, 5.74) is 0.499. The van der Waals surface area contributed by atoms with Crippen LogP contribution in [0.5, 0.6) is 0 Å². The Labute approximate surface area is 175 Å². The van der Waals surface area contributed by atoms with E-state index in [1.54, 1.807) is 0 Å². The first-order valence-corrected chi connectivity index (χ1v) is 11.5. The molecule has 8 atom stereocenters. The van der Waals surface area contributed by atoms with Gasteiger partial charge < -0.3 is 14.9 Å². The lowest BCUT2D eigenvalue weighted by atomic mass is 9.61. The smallest absolute Gasteiger partial charge is 0.334 e. The molecule has 0 spiro atoms. The van der Waals surface area contributed by atoms with Crippen molar-refractivity contribution in [3.63, 3.8) is 0 Å². The molecule has 0 bridgehead atoms. The van der Waals surface area contributed by atoms with Gasteiger partial charge in [-0.25, -0.2) is 4.79 Å². The molecule has 4 aliphatic rings. The third kappa shape index (κ3) is 3.31. The average molecular weight is 403 g/mol. The minimum absolute atomic E-state index is 0.0130. The van der Waals surface area contributed by atoms with Crippen molar-refractivity contribution in [1.29, 1.82) is 0 Å². The van der Waals surface area contributed by atoms with Crippen LogP contribution in [0.1, 0.15) is 79.6 Å². The van der Waals surface area contributed by atoms with Crippen LogP contribution in [0.25, 0.3) is 0 Å². The van der Waals surface area contributed by atoms with E-state index in [1.807, 2.05) is 6.92 Å². The van der Waals surface area contributed by atoms with Crippen molar-refractivity contribution in [2.24, 2.45) is 29.1 Å². The van der Waals surface area contributed by atoms with Crippen LogP contribution in [0.2, 0.25) is 0 Å². The first kappa shape index (κ1) is 21.1. The SMILES string of the molecule is CC(C)=CCC[C@H](C)[C@@]1(O)CC[C@]2(C)C[C@H]3[C@H]4C(=CC[C@H]21)C(=O)O[C@H]4C[C@@]3(C)O. The van der Waals surface area contributed by atoms with Gasteiger partial charge in [-0.05, 0) is 82.5 Å². The molecule has 0 amide bonds. The number of aliphatic hydroxyl groups is 2. The van der Waals surface area contributed by atoms with Crippen molar-refractivity contribution in [2.45, 2.75) is 96.9 Å². The predicted molar refractivity (Wildman–Crippen MR) is 113 cm³/mol. The molecule has 2 N–H and O–H groups in total. The van der Waals surface area contributed by atoms with Crippen molar-refractivity contribution in [3.8, 4) is 0 Å². The van der Waals surface area contributed by atoms with Crippen LogP contribution in [0.15, 0.2) is 23.3 Å². The zero-order valence-electron chi connectivity index (χ0n) is 18.7. The lowest BCUT2D eigenvalue weighted by Crippen LogP contribution is -2.47. The van der Waals surface area contributed by atoms with Gasteiger partial charge in [0.2, 0.25) is 0 Å². The van der Waals surface area contributed by atoms with Crippen LogP contribution in [0, 0.1) is 29.1 Å². The molecule has 0 unspecified atom stereocenters. The van der Waals surface area contributed by atoms with Gasteiger partial charge in [0, 0.05) is 17.9 Å². The Kier molecular flexibility index (Phi) is 5.06. The van der Waals surface area contributed by atoms with Gasteiger partial charge >= 0.3 is 5.97 Å². The average Bonchev–Trinajstić information content (AvgIpc) is 3.11. The Hall–Kier alpha value is -1.13. The largest absolute Gasteiger partial charge is 0.458 e. The second kappa shape index (κ2) is 6.95. The number of hydrogen-bond acceptors (Lipinski definition) is 4. The highest BCUT2D eigenvalue weighted by molar-refractivity contribution is 5.92. The van der Waals surface area contributed by atoms with Crippen molar-refractivity contribution in [2.75, 3.05) is 0 Å². The number of esters is 1. The molecule has 0 radical (unpaired) electrons. The van der Waals surface area contributed by atoms with E-state index >= 15 is 0 Å². The zero-order valence-corrected chi connectivity index (χ0v) is 18.7. The molecule has 162 valence electrons. The predicted octanol–water partition coefficient (Wildman–Crippen LogP) is 4.55. The fraction of sp³-hybridized carbons (Fsp3) is 0.800. The third-order valence-electron chi connectivity index (χ3n) is 8.91. The number of carbonyl (C=O) groups is 1. The molecule has 0 aromatic carbocycles. The van der Waals surface area contributed by atoms with Gasteiger partial charge in [-0.2, -0.15) is 0 Å². The quantitative estimate of drug-likeness (QED) is 0.535. The second-order valence-corrected chi connectivity index (χ2v) is 11.2. The topological polar surface area (TPSA) is 66.8 Å². The Morgan fingerprint density at radius 3 is 2.69 bits per heavy atom. The molecule has 4 heteroatoms. The Balaban J connectivity index is 1.65. The van der Waals surface area contributed by atoms with E-state index < -0.39 is 11.2 Å². The fourth-order valence-electron chi connectivity index (χ4n) is 7.15. The van der Waals surface area contributed by atoms with Crippen molar-refractivity contribution in [3.05, 3.63) is 23.3 Å². The molecule has 3 fully saturated rings. The van der Waals surface area contributed by atoms with E-state index in [0.29, 0.717) is 6.42 Å². The van der Waals surface area contributed by atoms with E-state index in [0.717, 1.165) is 44.1 Å². The molecule has 1 saturated heterocycles. The molecule has 0 aromatic heterocycles. The summed E-state index contributed by atoms with van der Waals surface area (Å²) in [5.74, 6) is 0.127. The summed E-state index contributed by atoms with van der Waals surface area (Å²) >= 11 is 0. The molecular weight excluding hydrogens is 364 g/mol. The van der Waals surface area contributed by atoms with Gasteiger partial charge in [-0.15, -0.1) is 0 Å². The van der Waals surface area contributed by atoms with E-state index in [9.17, 15) is 15.0 Å². The van der Waals surface area contributed by atoms with Crippen LogP contribution in [-0.2, 0) is 9.53 Å². The van der Waals surface area contributed by atoms with Gasteiger partial charge in [-0.1, -0.05) is 31.6 Å². The highest BCUT2D eigenvalue weighted by Crippen LogP contribution is 2.62. The molecule has 3 aliphatic carbocycles. The molecule has 1 heterocycles. The van der Waals surface area contributed by atoms with Gasteiger partial charge in [-0.3, -0.25) is 0 Å². The normalized spacial score (nSPS) is 46.9. The van der Waals surface area contributed by atoms with Crippen LogP contribution in [0.4, 0.5) is 0 Å². The summed E-state index contributed by atoms with van der Waals surface area (Å²) in [6, 6.07) is 0. The Morgan fingerprint density at radius 1 is 1.28 bits per heavy atom. The van der Waals surface area contributed by atoms with E-state index in [1.165, 1.54) is 5.57 Å². The highest BCUT2D eigenvalue weighted by atomic mass is 16.6. The summed E-state index contributed by atoms with van der Waals surface area (Å²) in [6.45, 7) is 10.6. The lowest BCUT2D eigenvalue weighted by Gasteiger charge is -2.45. The molecule has 1 aliphatic heterocycles. The minimum atomic E-state index is -0.824. The zero-order chi connectivity index (χ0) is 21.2. The maximum absolute atomic E-state index is 12.5. The minimum Gasteiger partial charge on any atom is -0.458 e. The molecule has 4 rings (SSSR count). The second-order valence-electron chi connectivity index (χ2n) is 11.2. The number of ether oxygens (including phenoxy) is 1. The number of fused-ring (bicyclic) bond motifs is 1. The van der Waals surface area contributed by atoms with Crippen LogP contribution < -0.4 is 0 Å². The molecule has 0 aromatic rings. The standard InChI is InChI=1S/C25H38O4/c1-15(2)7-6-8-16(3)25(28)12-11-23(4)13-18-21-17(9-10-20(23)25)22(26)29-19(21)14-24(18,5)27/h7,9,16,18-21,27-28H,6,8,10-14H2,1-5H3/t16-,18-,19-,20+,21+,23+,24+,25-/m0/s1. The molecule has 29 heavy (non-hydrogen) atoms. The third-order valence-corrected chi connectivity index (χ3v) is 8.91. The number of allylic oxidation sites excluding steroid dienone is 3. The Bertz CT molecular complexity index is 746. The van der Waals surface area contributed by atoms with Crippen molar-refractivity contribution in [1.82, 2.24) is 0 Å². The Morgan fingerprint density at radius 2 is 2.00 bits per heavy atom. The van der Waals surface area contributed by atoms with Crippen LogP contribution >= 0.6 is 0 Å². The van der Waals surface area contributed by atoms with E-state index in [2.05, 4.69) is 39.8 Å². The summed E-state index contributed by atoms with van der Waals surface area (Å²) in [6.07, 6.45) is 9.97. The molecule has 4 nitrogen and oxygen atoms in total. The summed E-state index contributed by atoms with van der Waals surface area (Å²) in [7, 11) is 0. The van der Waals surface area contributed by atoms with Gasteiger partial charge in [0.15, 0.2) is 0 Å². The van der Waals surface area contributed by atoms with E-state index in [4.69, 9.17) is 4.74 Å². The van der Waals surface area contributed by atoms with Crippen molar-refractivity contribution < 1.29 is 19.7 Å². The summed E-state index contributed by atoms with van der Waals surface area (Å²) < 4.78 is 5.64. The first-order valence-electron chi connectivity index (χ1n) is 11.5. The lowest BCUT2D eigenvalue weighted by molar-refractivity contribution is -0.140. The van der Waals surface area contributed by atoms with Gasteiger partial charge in [0.1, 0.15) is 6.10 Å². The summed E-state index contributed by atoms with van der Waals surface area (Å²) in [4.78, 5) is 12.5. The maximum atomic E-state index is 12.5. The molecule has 2 saturated carbocycles. The van der Waals surface area contributed by atoms with Crippen molar-refractivity contribution >= 4 is 5.97 Å². The van der Waals surface area contributed by atoms with Gasteiger partial charge in [0.05, 0.1) is 11.2 Å². The number of rotatable bonds is 4. The number of carbonyl (C=O) groups excluding carboxylic acids is 1. The monoisotopic (exact) mass is 402 g/mol. The van der Waals surface area contributed by atoms with Crippen LogP contribution in [-0.4, -0.2) is 33.5 Å². The van der Waals surface area contributed by atoms with Crippen LogP contribution in [0.3, 0.4) is 0 Å². The maximum Gasteiger partial charge on any atom is 0.334 e. The van der Waals surface area contributed by atoms with Gasteiger partial charge in [0.25, 0.3) is 0 Å². The first-order chi connectivity index (χ1) is 13.5. The van der Waals surface area contributed by atoms with E-state index in [-0.39, 0.29) is 41.2 Å². The summed E-state index contributed by atoms with van der Waals surface area (Å²) in [5, 5.41) is 23.0. The fourth-order valence-corrected chi connectivity index (χ4v) is 7.15. The number of hydrogen-bond donors (Lipinski definition) is 2. The highest BCUT2D eigenvalue weighted by Gasteiger charge is 2.63. The molecular formula is C25H38O4.